The summed E-state index contributed by atoms with van der Waals surface area (Å²) in [7, 11) is 1.74. The molecule has 0 radical (unpaired) electrons. The molecule has 1 aliphatic carbocycles. The molecular formula is C29H33ClN2O2. The Labute approximate surface area is 207 Å². The van der Waals surface area contributed by atoms with Gasteiger partial charge in [0.2, 0.25) is 0 Å². The molecule has 2 heterocycles. The summed E-state index contributed by atoms with van der Waals surface area (Å²) in [4.78, 5) is 7.22. The number of pyridine rings is 1. The highest BCUT2D eigenvalue weighted by Crippen LogP contribution is 2.39. The van der Waals surface area contributed by atoms with Crippen molar-refractivity contribution < 1.29 is 9.84 Å². The van der Waals surface area contributed by atoms with Gasteiger partial charge in [0, 0.05) is 35.9 Å². The summed E-state index contributed by atoms with van der Waals surface area (Å²) in [5.74, 6) is 1.26. The van der Waals surface area contributed by atoms with Crippen molar-refractivity contribution in [3.63, 3.8) is 0 Å². The molecule has 5 rings (SSSR count). The maximum atomic E-state index is 11.2. The molecule has 1 N–H and O–H groups in total. The van der Waals surface area contributed by atoms with Crippen molar-refractivity contribution in [2.24, 2.45) is 0 Å². The van der Waals surface area contributed by atoms with Crippen LogP contribution in [0.3, 0.4) is 0 Å². The number of methoxy groups -OCH3 is 1. The van der Waals surface area contributed by atoms with Gasteiger partial charge >= 0.3 is 0 Å². The Balaban J connectivity index is 1.25. The van der Waals surface area contributed by atoms with Crippen molar-refractivity contribution in [2.45, 2.75) is 50.0 Å². The van der Waals surface area contributed by atoms with Gasteiger partial charge in [-0.15, -0.1) is 0 Å². The number of aliphatic hydroxyl groups is 1. The minimum absolute atomic E-state index is 0.340. The number of ether oxygens (including phenoxy) is 1. The SMILES string of the molecule is COc1ccc2c(c1)C(CCCN1CCC(O)(c3ccc(Cl)cc3)CC1)c1cccnc1CC2. The summed E-state index contributed by atoms with van der Waals surface area (Å²) >= 11 is 6.03. The van der Waals surface area contributed by atoms with Crippen molar-refractivity contribution in [3.05, 3.63) is 93.8 Å². The molecule has 1 unspecified atom stereocenters. The first-order valence-electron chi connectivity index (χ1n) is 12.4. The lowest BCUT2D eigenvalue weighted by molar-refractivity contribution is -0.0261. The number of hydrogen-bond acceptors (Lipinski definition) is 4. The summed E-state index contributed by atoms with van der Waals surface area (Å²) in [5.41, 5.74) is 5.63. The first kappa shape index (κ1) is 23.3. The highest BCUT2D eigenvalue weighted by molar-refractivity contribution is 6.30. The number of benzene rings is 2. The molecule has 2 aromatic carbocycles. The van der Waals surface area contributed by atoms with E-state index >= 15 is 0 Å². The van der Waals surface area contributed by atoms with Crippen LogP contribution in [-0.4, -0.2) is 41.7 Å². The average Bonchev–Trinajstić information content (AvgIpc) is 3.02. The van der Waals surface area contributed by atoms with Crippen LogP contribution in [0.15, 0.2) is 60.8 Å². The van der Waals surface area contributed by atoms with Crippen LogP contribution in [0.4, 0.5) is 0 Å². The zero-order valence-electron chi connectivity index (χ0n) is 19.8. The van der Waals surface area contributed by atoms with Gasteiger partial charge in [-0.1, -0.05) is 35.9 Å². The van der Waals surface area contributed by atoms with Crippen LogP contribution in [0, 0.1) is 0 Å². The van der Waals surface area contributed by atoms with E-state index in [1.54, 1.807) is 7.11 Å². The molecule has 0 bridgehead atoms. The Kier molecular flexibility index (Phi) is 6.91. The second-order valence-electron chi connectivity index (χ2n) is 9.68. The summed E-state index contributed by atoms with van der Waals surface area (Å²) < 4.78 is 5.56. The van der Waals surface area contributed by atoms with Gasteiger partial charge < -0.3 is 14.7 Å². The summed E-state index contributed by atoms with van der Waals surface area (Å²) in [6.45, 7) is 2.86. The lowest BCUT2D eigenvalue weighted by Gasteiger charge is -2.38. The minimum Gasteiger partial charge on any atom is -0.497 e. The monoisotopic (exact) mass is 476 g/mol. The van der Waals surface area contributed by atoms with E-state index in [2.05, 4.69) is 35.2 Å². The number of hydrogen-bond donors (Lipinski definition) is 1. The zero-order chi connectivity index (χ0) is 23.5. The summed E-state index contributed by atoms with van der Waals surface area (Å²) in [6.07, 6.45) is 7.63. The average molecular weight is 477 g/mol. The molecule has 0 amide bonds. The first-order valence-corrected chi connectivity index (χ1v) is 12.7. The Hall–Kier alpha value is -2.40. The molecule has 1 aliphatic heterocycles. The molecule has 1 aromatic heterocycles. The third-order valence-corrected chi connectivity index (χ3v) is 7.94. The molecule has 178 valence electrons. The van der Waals surface area contributed by atoms with Crippen molar-refractivity contribution in [3.8, 4) is 5.75 Å². The Morgan fingerprint density at radius 2 is 1.85 bits per heavy atom. The number of halogens is 1. The van der Waals surface area contributed by atoms with Crippen LogP contribution in [0.5, 0.6) is 5.75 Å². The van der Waals surface area contributed by atoms with Crippen molar-refractivity contribution in [1.29, 1.82) is 0 Å². The molecular weight excluding hydrogens is 444 g/mol. The number of aryl methyl sites for hydroxylation is 2. The maximum Gasteiger partial charge on any atom is 0.119 e. The molecule has 5 heteroatoms. The van der Waals surface area contributed by atoms with Crippen molar-refractivity contribution in [2.75, 3.05) is 26.7 Å². The summed E-state index contributed by atoms with van der Waals surface area (Å²) in [6, 6.07) is 18.5. The van der Waals surface area contributed by atoms with E-state index in [-0.39, 0.29) is 0 Å². The minimum atomic E-state index is -0.748. The third kappa shape index (κ3) is 4.86. The normalized spacial score (nSPS) is 19.7. The summed E-state index contributed by atoms with van der Waals surface area (Å²) in [5, 5.41) is 11.9. The van der Waals surface area contributed by atoms with Crippen LogP contribution in [-0.2, 0) is 18.4 Å². The first-order chi connectivity index (χ1) is 16.6. The molecule has 1 saturated heterocycles. The van der Waals surface area contributed by atoms with Crippen LogP contribution >= 0.6 is 11.6 Å². The van der Waals surface area contributed by atoms with Gasteiger partial charge in [-0.25, -0.2) is 0 Å². The van der Waals surface area contributed by atoms with Gasteiger partial charge in [0.1, 0.15) is 5.75 Å². The molecule has 0 saturated carbocycles. The molecule has 3 aromatic rings. The number of piperidine rings is 1. The second-order valence-corrected chi connectivity index (χ2v) is 10.1. The van der Waals surface area contributed by atoms with Crippen LogP contribution in [0.25, 0.3) is 0 Å². The predicted octanol–water partition coefficient (Wildman–Crippen LogP) is 5.74. The lowest BCUT2D eigenvalue weighted by Crippen LogP contribution is -2.42. The van der Waals surface area contributed by atoms with Gasteiger partial charge in [0.15, 0.2) is 0 Å². The zero-order valence-corrected chi connectivity index (χ0v) is 20.6. The fraction of sp³-hybridized carbons (Fsp3) is 0.414. The van der Waals surface area contributed by atoms with Gasteiger partial charge in [0.25, 0.3) is 0 Å². The maximum absolute atomic E-state index is 11.2. The number of aromatic nitrogens is 1. The van der Waals surface area contributed by atoms with Crippen LogP contribution in [0.2, 0.25) is 5.02 Å². The number of likely N-dealkylation sites (tertiary alicyclic amines) is 1. The van der Waals surface area contributed by atoms with Crippen LogP contribution < -0.4 is 4.74 Å². The smallest absolute Gasteiger partial charge is 0.119 e. The number of rotatable bonds is 6. The molecule has 1 atom stereocenters. The molecule has 4 nitrogen and oxygen atoms in total. The highest BCUT2D eigenvalue weighted by atomic mass is 35.5. The standard InChI is InChI=1S/C29H33ClN2O2/c1-34-24-12-6-21-7-13-28-26(4-2-16-31-28)25(27(21)20-24)5-3-17-32-18-14-29(33,15-19-32)22-8-10-23(30)11-9-22/h2,4,6,8-12,16,20,25,33H,3,5,7,13-15,17-19H2,1H3. The van der Waals surface area contributed by atoms with Gasteiger partial charge in [-0.3, -0.25) is 4.98 Å². The second kappa shape index (κ2) is 10.1. The number of nitrogens with zero attached hydrogens (tertiary/aromatic N) is 2. The lowest BCUT2D eigenvalue weighted by atomic mass is 9.84. The van der Waals surface area contributed by atoms with Crippen LogP contribution in [0.1, 0.15) is 59.5 Å². The van der Waals surface area contributed by atoms with E-state index in [9.17, 15) is 5.11 Å². The Morgan fingerprint density at radius 1 is 1.06 bits per heavy atom. The van der Waals surface area contributed by atoms with Gasteiger partial charge in [-0.05, 0) is 97.7 Å². The fourth-order valence-corrected chi connectivity index (χ4v) is 5.80. The molecule has 1 fully saturated rings. The molecule has 0 spiro atoms. The van der Waals surface area contributed by atoms with E-state index < -0.39 is 5.60 Å². The molecule has 34 heavy (non-hydrogen) atoms. The Bertz CT molecular complexity index is 1120. The van der Waals surface area contributed by atoms with Gasteiger partial charge in [0.05, 0.1) is 12.7 Å². The van der Waals surface area contributed by atoms with E-state index in [1.807, 2.05) is 30.5 Å². The van der Waals surface area contributed by atoms with Crippen molar-refractivity contribution >= 4 is 11.6 Å². The quantitative estimate of drug-likeness (QED) is 0.493. The Morgan fingerprint density at radius 3 is 2.62 bits per heavy atom. The highest BCUT2D eigenvalue weighted by Gasteiger charge is 2.34. The topological polar surface area (TPSA) is 45.6 Å². The number of fused-ring (bicyclic) bond motifs is 2. The molecule has 2 aliphatic rings. The van der Waals surface area contributed by atoms with E-state index in [0.717, 1.165) is 69.5 Å². The van der Waals surface area contributed by atoms with Crippen molar-refractivity contribution in [1.82, 2.24) is 9.88 Å². The van der Waals surface area contributed by atoms with E-state index in [0.29, 0.717) is 10.9 Å². The third-order valence-electron chi connectivity index (χ3n) is 7.69. The van der Waals surface area contributed by atoms with E-state index in [4.69, 9.17) is 21.3 Å². The predicted molar refractivity (Wildman–Crippen MR) is 137 cm³/mol. The largest absolute Gasteiger partial charge is 0.497 e. The van der Waals surface area contributed by atoms with E-state index in [1.165, 1.54) is 22.4 Å². The fourth-order valence-electron chi connectivity index (χ4n) is 5.67. The van der Waals surface area contributed by atoms with Gasteiger partial charge in [-0.2, -0.15) is 0 Å².